The van der Waals surface area contributed by atoms with Crippen molar-refractivity contribution >= 4 is 69.4 Å². The number of benzene rings is 3. The first-order chi connectivity index (χ1) is 24.8. The lowest BCUT2D eigenvalue weighted by Gasteiger charge is -2.29. The molecule has 1 aliphatic heterocycles. The second-order valence-electron chi connectivity index (χ2n) is 12.5. The van der Waals surface area contributed by atoms with Crippen molar-refractivity contribution in [2.75, 3.05) is 22.9 Å². The van der Waals surface area contributed by atoms with Gasteiger partial charge in [-0.2, -0.15) is 5.26 Å². The number of nitrogens with one attached hydrogen (secondary N) is 3. The fourth-order valence-corrected chi connectivity index (χ4v) is 7.12. The Morgan fingerprint density at radius 3 is 2.48 bits per heavy atom. The van der Waals surface area contributed by atoms with Gasteiger partial charge in [-0.1, -0.05) is 36.4 Å². The Balaban J connectivity index is 1.25. The summed E-state index contributed by atoms with van der Waals surface area (Å²) in [5, 5.41) is 30.1. The molecule has 4 amide bonds. The van der Waals surface area contributed by atoms with Crippen LogP contribution in [0.15, 0.2) is 89.5 Å². The number of carbonyl (C=O) groups excluding carboxylic acids is 4. The first-order valence-electron chi connectivity index (χ1n) is 16.0. The van der Waals surface area contributed by atoms with Gasteiger partial charge in [-0.05, 0) is 75.2 Å². The molecule has 0 atom stereocenters. The lowest BCUT2D eigenvalue weighted by Crippen LogP contribution is -2.39. The summed E-state index contributed by atoms with van der Waals surface area (Å²) in [6.07, 6.45) is 1.27. The number of thioether (sulfide) groups is 1. The smallest absolute Gasteiger partial charge is 0.410 e. The van der Waals surface area contributed by atoms with Crippen molar-refractivity contribution in [3.8, 4) is 6.07 Å². The molecule has 0 saturated heterocycles. The van der Waals surface area contributed by atoms with Crippen LogP contribution in [0.2, 0.25) is 0 Å². The molecule has 3 N–H and O–H groups in total. The Morgan fingerprint density at radius 2 is 1.77 bits per heavy atom. The first kappa shape index (κ1) is 37.3. The molecule has 15 heteroatoms. The van der Waals surface area contributed by atoms with Crippen LogP contribution in [0.3, 0.4) is 0 Å². The SMILES string of the molecule is CC(C)(C)OC(=O)N1CCc2c(sc(NC(=O)CSc3cccc(NC(=O)/C(=C\c4ccccc4[N+](=O)[O-])NC(=O)c4ccccc4)c3)c2C#N)C1. The van der Waals surface area contributed by atoms with Crippen LogP contribution in [0.4, 0.5) is 21.2 Å². The van der Waals surface area contributed by atoms with E-state index in [1.54, 1.807) is 86.3 Å². The summed E-state index contributed by atoms with van der Waals surface area (Å²) in [6.45, 7) is 6.06. The third-order valence-electron chi connectivity index (χ3n) is 7.50. The molecule has 1 aromatic heterocycles. The molecule has 0 unspecified atom stereocenters. The number of anilines is 2. The van der Waals surface area contributed by atoms with Gasteiger partial charge in [0.1, 0.15) is 22.4 Å². The van der Waals surface area contributed by atoms with Gasteiger partial charge in [-0.25, -0.2) is 4.79 Å². The van der Waals surface area contributed by atoms with Gasteiger partial charge in [0.2, 0.25) is 5.91 Å². The summed E-state index contributed by atoms with van der Waals surface area (Å²) in [5.74, 6) is -1.66. The number of amides is 4. The Hall–Kier alpha value is -5.98. The van der Waals surface area contributed by atoms with Crippen LogP contribution in [0, 0.1) is 21.4 Å². The molecule has 1 aliphatic rings. The van der Waals surface area contributed by atoms with E-state index in [4.69, 9.17) is 4.74 Å². The highest BCUT2D eigenvalue weighted by Crippen LogP contribution is 2.37. The Kier molecular flexibility index (Phi) is 11.7. The van der Waals surface area contributed by atoms with Gasteiger partial charge in [0.25, 0.3) is 17.5 Å². The Bertz CT molecular complexity index is 2100. The standard InChI is InChI=1S/C37H34N6O7S2/c1-37(2,3)50-36(47)42-17-16-27-28(20-38)35(52-31(27)21-42)41-32(44)22-51-26-14-9-13-25(19-26)39-34(46)29(40-33(45)23-10-5-4-6-11-23)18-24-12-7-8-15-30(24)43(48)49/h4-15,18-19H,16-17,21-22H2,1-3H3,(H,39,46)(H,40,45)(H,41,44)/b29-18+. The van der Waals surface area contributed by atoms with Gasteiger partial charge in [0.15, 0.2) is 0 Å². The average Bonchev–Trinajstić information content (AvgIpc) is 3.46. The number of rotatable bonds is 10. The zero-order chi connectivity index (χ0) is 37.4. The maximum Gasteiger partial charge on any atom is 0.410 e. The maximum atomic E-state index is 13.5. The van der Waals surface area contributed by atoms with E-state index in [1.165, 1.54) is 47.4 Å². The molecule has 4 aromatic rings. The highest BCUT2D eigenvalue weighted by Gasteiger charge is 2.30. The van der Waals surface area contributed by atoms with Crippen LogP contribution >= 0.6 is 23.1 Å². The van der Waals surface area contributed by atoms with E-state index in [2.05, 4.69) is 22.0 Å². The Morgan fingerprint density at radius 1 is 1.04 bits per heavy atom. The molecule has 0 aliphatic carbocycles. The Labute approximate surface area is 307 Å². The zero-order valence-electron chi connectivity index (χ0n) is 28.4. The van der Waals surface area contributed by atoms with Crippen molar-refractivity contribution in [1.82, 2.24) is 10.2 Å². The summed E-state index contributed by atoms with van der Waals surface area (Å²) >= 11 is 2.46. The zero-order valence-corrected chi connectivity index (χ0v) is 30.1. The molecule has 266 valence electrons. The topological polar surface area (TPSA) is 184 Å². The quantitative estimate of drug-likeness (QED) is 0.0670. The molecule has 0 bridgehead atoms. The third kappa shape index (κ3) is 9.62. The predicted molar refractivity (Wildman–Crippen MR) is 199 cm³/mol. The van der Waals surface area contributed by atoms with Crippen LogP contribution in [-0.4, -0.2) is 51.5 Å². The molecule has 3 aromatic carbocycles. The minimum atomic E-state index is -0.724. The van der Waals surface area contributed by atoms with Crippen molar-refractivity contribution < 1.29 is 28.8 Å². The van der Waals surface area contributed by atoms with Gasteiger partial charge in [-0.15, -0.1) is 23.1 Å². The summed E-state index contributed by atoms with van der Waals surface area (Å²) < 4.78 is 5.49. The van der Waals surface area contributed by atoms with Crippen molar-refractivity contribution in [3.05, 3.63) is 122 Å². The number of thiophene rings is 1. The van der Waals surface area contributed by atoms with Gasteiger partial charge in [0.05, 0.1) is 28.3 Å². The number of nitrogens with zero attached hydrogens (tertiary/aromatic N) is 3. The van der Waals surface area contributed by atoms with Crippen LogP contribution < -0.4 is 16.0 Å². The highest BCUT2D eigenvalue weighted by atomic mass is 32.2. The van der Waals surface area contributed by atoms with Crippen LogP contribution in [0.5, 0.6) is 0 Å². The lowest BCUT2D eigenvalue weighted by atomic mass is 10.0. The molecule has 0 spiro atoms. The number of fused-ring (bicyclic) bond motifs is 1. The number of hydrogen-bond donors (Lipinski definition) is 3. The number of carbonyl (C=O) groups is 4. The molecular formula is C37H34N6O7S2. The molecule has 0 radical (unpaired) electrons. The summed E-state index contributed by atoms with van der Waals surface area (Å²) in [5.41, 5.74) is 0.851. The van der Waals surface area contributed by atoms with Crippen molar-refractivity contribution in [1.29, 1.82) is 5.26 Å². The number of para-hydroxylation sites is 1. The third-order valence-corrected chi connectivity index (χ3v) is 9.62. The van der Waals surface area contributed by atoms with E-state index in [0.29, 0.717) is 34.1 Å². The molecule has 0 fully saturated rings. The minimum absolute atomic E-state index is 0.00910. The number of nitro benzene ring substituents is 1. The minimum Gasteiger partial charge on any atom is -0.444 e. The molecule has 0 saturated carbocycles. The summed E-state index contributed by atoms with van der Waals surface area (Å²) in [4.78, 5) is 66.3. The molecule has 5 rings (SSSR count). The number of nitriles is 1. The first-order valence-corrected chi connectivity index (χ1v) is 17.8. The van der Waals surface area contributed by atoms with Gasteiger partial charge in [-0.3, -0.25) is 24.5 Å². The van der Waals surface area contributed by atoms with E-state index >= 15 is 0 Å². The summed E-state index contributed by atoms with van der Waals surface area (Å²) in [6, 6.07) is 23.0. The highest BCUT2D eigenvalue weighted by molar-refractivity contribution is 8.00. The fourth-order valence-electron chi connectivity index (χ4n) is 5.14. The van der Waals surface area contributed by atoms with Gasteiger partial charge < -0.3 is 25.6 Å². The molecular weight excluding hydrogens is 705 g/mol. The maximum absolute atomic E-state index is 13.5. The fraction of sp³-hybridized carbons (Fsp3) is 0.216. The van der Waals surface area contributed by atoms with E-state index < -0.39 is 28.4 Å². The van der Waals surface area contributed by atoms with Crippen molar-refractivity contribution in [3.63, 3.8) is 0 Å². The van der Waals surface area contributed by atoms with Crippen LogP contribution in [0.1, 0.15) is 52.7 Å². The van der Waals surface area contributed by atoms with E-state index in [0.717, 1.165) is 10.4 Å². The average molecular weight is 739 g/mol. The largest absolute Gasteiger partial charge is 0.444 e. The number of nitro groups is 1. The van der Waals surface area contributed by atoms with E-state index in [-0.39, 0.29) is 40.7 Å². The van der Waals surface area contributed by atoms with Crippen molar-refractivity contribution in [2.45, 2.75) is 44.2 Å². The lowest BCUT2D eigenvalue weighted by molar-refractivity contribution is -0.385. The van der Waals surface area contributed by atoms with Crippen molar-refractivity contribution in [2.24, 2.45) is 0 Å². The van der Waals surface area contributed by atoms with Gasteiger partial charge >= 0.3 is 6.09 Å². The normalized spacial score (nSPS) is 12.6. The van der Waals surface area contributed by atoms with E-state index in [1.807, 2.05) is 0 Å². The van der Waals surface area contributed by atoms with E-state index in [9.17, 15) is 34.6 Å². The summed E-state index contributed by atoms with van der Waals surface area (Å²) in [7, 11) is 0. The monoisotopic (exact) mass is 738 g/mol. The van der Waals surface area contributed by atoms with Crippen LogP contribution in [-0.2, 0) is 27.3 Å². The number of hydrogen-bond acceptors (Lipinski definition) is 10. The molecule has 52 heavy (non-hydrogen) atoms. The van der Waals surface area contributed by atoms with Gasteiger partial charge in [0, 0.05) is 33.6 Å². The predicted octanol–water partition coefficient (Wildman–Crippen LogP) is 6.96. The second kappa shape index (κ2) is 16.4. The second-order valence-corrected chi connectivity index (χ2v) is 14.6. The van der Waals surface area contributed by atoms with Crippen LogP contribution in [0.25, 0.3) is 6.08 Å². The molecule has 13 nitrogen and oxygen atoms in total. The number of ether oxygens (including phenoxy) is 1. The molecule has 2 heterocycles.